The molecule has 0 aliphatic carbocycles. The van der Waals surface area contributed by atoms with Crippen molar-refractivity contribution in [3.8, 4) is 0 Å². The minimum Gasteiger partial charge on any atom is -0.339 e. The van der Waals surface area contributed by atoms with Crippen molar-refractivity contribution in [2.45, 2.75) is 18.9 Å². The number of carbonyl (C=O) groups is 3. The van der Waals surface area contributed by atoms with Crippen LogP contribution in [0.15, 0.2) is 6.20 Å². The van der Waals surface area contributed by atoms with Crippen LogP contribution in [-0.4, -0.2) is 39.2 Å². The fourth-order valence-electron chi connectivity index (χ4n) is 1.37. The third-order valence-corrected chi connectivity index (χ3v) is 2.19. The molecule has 0 radical (unpaired) electrons. The van der Waals surface area contributed by atoms with Gasteiger partial charge >= 0.3 is 0 Å². The highest BCUT2D eigenvalue weighted by Crippen LogP contribution is 2.04. The van der Waals surface area contributed by atoms with Crippen LogP contribution in [-0.2, 0) is 9.59 Å². The van der Waals surface area contributed by atoms with E-state index in [0.29, 0.717) is 6.42 Å². The molecule has 1 aromatic rings. The van der Waals surface area contributed by atoms with E-state index < -0.39 is 17.9 Å². The van der Waals surface area contributed by atoms with Crippen molar-refractivity contribution in [2.75, 3.05) is 0 Å². The van der Waals surface area contributed by atoms with Crippen LogP contribution in [0.4, 0.5) is 0 Å². The van der Waals surface area contributed by atoms with Crippen molar-refractivity contribution in [3.05, 3.63) is 11.9 Å². The Hall–Kier alpha value is -2.25. The molecule has 0 bridgehead atoms. The molecule has 8 nitrogen and oxygen atoms in total. The molecule has 8 heteroatoms. The average Bonchev–Trinajstić information content (AvgIpc) is 2.75. The van der Waals surface area contributed by atoms with Gasteiger partial charge in [-0.25, -0.2) is 0 Å². The molecule has 2 rings (SSSR count). The molecule has 16 heavy (non-hydrogen) atoms. The number of amides is 3. The van der Waals surface area contributed by atoms with E-state index in [2.05, 4.69) is 26.0 Å². The number of rotatable bonds is 2. The molecule has 1 fully saturated rings. The van der Waals surface area contributed by atoms with E-state index in [1.54, 1.807) is 0 Å². The maximum absolute atomic E-state index is 11.5. The van der Waals surface area contributed by atoms with Crippen molar-refractivity contribution in [1.82, 2.24) is 26.0 Å². The minimum absolute atomic E-state index is 0.102. The third kappa shape index (κ3) is 2.05. The van der Waals surface area contributed by atoms with Gasteiger partial charge in [0.15, 0.2) is 5.69 Å². The summed E-state index contributed by atoms with van der Waals surface area (Å²) in [6.07, 6.45) is 1.77. The van der Waals surface area contributed by atoms with E-state index in [0.717, 1.165) is 0 Å². The molecule has 1 aliphatic heterocycles. The summed E-state index contributed by atoms with van der Waals surface area (Å²) in [6.45, 7) is 0. The van der Waals surface area contributed by atoms with Crippen LogP contribution < -0.4 is 10.6 Å². The lowest BCUT2D eigenvalue weighted by Gasteiger charge is -2.21. The minimum atomic E-state index is -0.693. The van der Waals surface area contributed by atoms with E-state index in [1.165, 1.54) is 6.20 Å². The molecule has 0 aromatic carbocycles. The summed E-state index contributed by atoms with van der Waals surface area (Å²) >= 11 is 0. The highest BCUT2D eigenvalue weighted by Gasteiger charge is 2.28. The predicted molar refractivity (Wildman–Crippen MR) is 50.0 cm³/mol. The molecule has 3 amide bonds. The van der Waals surface area contributed by atoms with Gasteiger partial charge in [0.05, 0.1) is 6.20 Å². The van der Waals surface area contributed by atoms with E-state index in [4.69, 9.17) is 0 Å². The first-order valence-electron chi connectivity index (χ1n) is 4.67. The zero-order valence-corrected chi connectivity index (χ0v) is 8.19. The first kappa shape index (κ1) is 10.3. The maximum Gasteiger partial charge on any atom is 0.274 e. The number of hydrogen-bond acceptors (Lipinski definition) is 5. The third-order valence-electron chi connectivity index (χ3n) is 2.19. The SMILES string of the molecule is O=C1CCC(NC(=O)c2cn[nH]n2)C(=O)N1. The molecule has 3 N–H and O–H groups in total. The summed E-state index contributed by atoms with van der Waals surface area (Å²) in [6, 6.07) is -0.693. The van der Waals surface area contributed by atoms with Crippen molar-refractivity contribution in [3.63, 3.8) is 0 Å². The first-order chi connectivity index (χ1) is 7.66. The van der Waals surface area contributed by atoms with Crippen LogP contribution in [0.1, 0.15) is 23.3 Å². The van der Waals surface area contributed by atoms with Gasteiger partial charge in [-0.2, -0.15) is 15.4 Å². The van der Waals surface area contributed by atoms with E-state index >= 15 is 0 Å². The molecule has 1 unspecified atom stereocenters. The highest BCUT2D eigenvalue weighted by atomic mass is 16.2. The van der Waals surface area contributed by atoms with Crippen molar-refractivity contribution in [2.24, 2.45) is 0 Å². The van der Waals surface area contributed by atoms with Crippen LogP contribution in [0.25, 0.3) is 0 Å². The van der Waals surface area contributed by atoms with Gasteiger partial charge < -0.3 is 5.32 Å². The maximum atomic E-state index is 11.5. The average molecular weight is 223 g/mol. The zero-order chi connectivity index (χ0) is 11.5. The Morgan fingerprint density at radius 1 is 1.50 bits per heavy atom. The van der Waals surface area contributed by atoms with Crippen LogP contribution in [0.5, 0.6) is 0 Å². The Morgan fingerprint density at radius 2 is 2.31 bits per heavy atom. The summed E-state index contributed by atoms with van der Waals surface area (Å²) < 4.78 is 0. The number of piperidine rings is 1. The molecular formula is C8H9N5O3. The van der Waals surface area contributed by atoms with E-state index in [-0.39, 0.29) is 18.0 Å². The van der Waals surface area contributed by atoms with Gasteiger partial charge in [0.1, 0.15) is 6.04 Å². The Kier molecular flexibility index (Phi) is 2.63. The predicted octanol–water partition coefficient (Wildman–Crippen LogP) is -1.66. The summed E-state index contributed by atoms with van der Waals surface area (Å²) in [5.74, 6) is -1.31. The van der Waals surface area contributed by atoms with E-state index in [1.807, 2.05) is 0 Å². The quantitative estimate of drug-likeness (QED) is 0.519. The number of imide groups is 1. The monoisotopic (exact) mass is 223 g/mol. The normalized spacial score (nSPS) is 20.4. The molecule has 84 valence electrons. The van der Waals surface area contributed by atoms with Crippen molar-refractivity contribution in [1.29, 1.82) is 0 Å². The van der Waals surface area contributed by atoms with Gasteiger partial charge in [-0.3, -0.25) is 19.7 Å². The lowest BCUT2D eigenvalue weighted by molar-refractivity contribution is -0.134. The van der Waals surface area contributed by atoms with Crippen molar-refractivity contribution >= 4 is 17.7 Å². The number of nitrogens with zero attached hydrogens (tertiary/aromatic N) is 2. The molecular weight excluding hydrogens is 214 g/mol. The number of H-pyrrole nitrogens is 1. The molecule has 2 heterocycles. The summed E-state index contributed by atoms with van der Waals surface area (Å²) in [5.41, 5.74) is 0.102. The van der Waals surface area contributed by atoms with Crippen LogP contribution >= 0.6 is 0 Å². The molecule has 1 saturated heterocycles. The number of aromatic amines is 1. The van der Waals surface area contributed by atoms with Gasteiger partial charge in [-0.1, -0.05) is 0 Å². The van der Waals surface area contributed by atoms with Crippen LogP contribution in [0.2, 0.25) is 0 Å². The van der Waals surface area contributed by atoms with Gasteiger partial charge in [-0.15, -0.1) is 0 Å². The largest absolute Gasteiger partial charge is 0.339 e. The molecule has 0 saturated carbocycles. The highest BCUT2D eigenvalue weighted by molar-refractivity contribution is 6.03. The first-order valence-corrected chi connectivity index (χ1v) is 4.67. The summed E-state index contributed by atoms with van der Waals surface area (Å²) in [4.78, 5) is 33.7. The van der Waals surface area contributed by atoms with Crippen LogP contribution in [0.3, 0.4) is 0 Å². The number of carbonyl (C=O) groups excluding carboxylic acids is 3. The second kappa shape index (κ2) is 4.09. The topological polar surface area (TPSA) is 117 Å². The number of nitrogens with one attached hydrogen (secondary N) is 3. The second-order valence-corrected chi connectivity index (χ2v) is 3.33. The number of hydrogen-bond donors (Lipinski definition) is 3. The van der Waals surface area contributed by atoms with Crippen molar-refractivity contribution < 1.29 is 14.4 Å². The fraction of sp³-hybridized carbons (Fsp3) is 0.375. The van der Waals surface area contributed by atoms with Gasteiger partial charge in [-0.05, 0) is 6.42 Å². The van der Waals surface area contributed by atoms with E-state index in [9.17, 15) is 14.4 Å². The van der Waals surface area contributed by atoms with Crippen LogP contribution in [0, 0.1) is 0 Å². The fourth-order valence-corrected chi connectivity index (χ4v) is 1.37. The van der Waals surface area contributed by atoms with Gasteiger partial charge in [0.25, 0.3) is 5.91 Å². The second-order valence-electron chi connectivity index (χ2n) is 3.33. The number of aromatic nitrogens is 3. The van der Waals surface area contributed by atoms with Gasteiger partial charge in [0.2, 0.25) is 11.8 Å². The molecule has 0 spiro atoms. The lowest BCUT2D eigenvalue weighted by Crippen LogP contribution is -2.52. The summed E-state index contributed by atoms with van der Waals surface area (Å²) in [7, 11) is 0. The smallest absolute Gasteiger partial charge is 0.274 e. The van der Waals surface area contributed by atoms with Gasteiger partial charge in [0, 0.05) is 6.42 Å². The lowest BCUT2D eigenvalue weighted by atomic mass is 10.1. The molecule has 1 aliphatic rings. The Bertz CT molecular complexity index is 427. The Morgan fingerprint density at radius 3 is 2.94 bits per heavy atom. The summed E-state index contributed by atoms with van der Waals surface area (Å²) in [5, 5.41) is 14.0. The molecule has 1 atom stereocenters. The Labute approximate surface area is 89.8 Å². The molecule has 1 aromatic heterocycles. The standard InChI is InChI=1S/C8H9N5O3/c14-6-2-1-4(7(15)11-6)10-8(16)5-3-9-13-12-5/h3-4H,1-2H2,(H,10,16)(H,9,12,13)(H,11,14,15). The zero-order valence-electron chi connectivity index (χ0n) is 8.19. The Balaban J connectivity index is 1.97.